The highest BCUT2D eigenvalue weighted by atomic mass is 14.1. The Balaban J connectivity index is 3.06. The molecule has 0 atom stereocenters. The second-order valence-electron chi connectivity index (χ2n) is 3.74. The molecular formula is C12H25. The van der Waals surface area contributed by atoms with Gasteiger partial charge in [-0.3, -0.25) is 0 Å². The van der Waals surface area contributed by atoms with Crippen molar-refractivity contribution in [3.05, 3.63) is 6.92 Å². The quantitative estimate of drug-likeness (QED) is 0.466. The van der Waals surface area contributed by atoms with Crippen molar-refractivity contribution in [2.75, 3.05) is 0 Å². The van der Waals surface area contributed by atoms with Crippen LogP contribution >= 0.6 is 0 Å². The lowest BCUT2D eigenvalue weighted by atomic mass is 9.96. The third kappa shape index (κ3) is 6.69. The average molecular weight is 169 g/mol. The maximum atomic E-state index is 3.85. The Morgan fingerprint density at radius 1 is 0.917 bits per heavy atom. The van der Waals surface area contributed by atoms with E-state index < -0.39 is 0 Å². The van der Waals surface area contributed by atoms with Gasteiger partial charge < -0.3 is 0 Å². The van der Waals surface area contributed by atoms with E-state index in [1.54, 1.807) is 0 Å². The number of unbranched alkanes of at least 4 members (excludes halogenated alkanes) is 4. The molecule has 0 nitrogen and oxygen atoms in total. The Hall–Kier alpha value is 0. The van der Waals surface area contributed by atoms with Gasteiger partial charge >= 0.3 is 0 Å². The molecule has 0 heterocycles. The van der Waals surface area contributed by atoms with Crippen LogP contribution in [0.2, 0.25) is 0 Å². The maximum absolute atomic E-state index is 3.85. The summed E-state index contributed by atoms with van der Waals surface area (Å²) in [6.45, 7) is 8.47. The van der Waals surface area contributed by atoms with Crippen LogP contribution in [-0.2, 0) is 0 Å². The summed E-state index contributed by atoms with van der Waals surface area (Å²) >= 11 is 0. The molecule has 0 unspecified atom stereocenters. The zero-order valence-corrected chi connectivity index (χ0v) is 8.94. The molecule has 1 radical (unpaired) electrons. The molecule has 0 aromatic carbocycles. The van der Waals surface area contributed by atoms with Gasteiger partial charge in [0, 0.05) is 0 Å². The van der Waals surface area contributed by atoms with Gasteiger partial charge in [-0.05, 0) is 5.92 Å². The molecule has 0 amide bonds. The first kappa shape index (κ1) is 12.0. The normalized spacial score (nSPS) is 11.0. The summed E-state index contributed by atoms with van der Waals surface area (Å²) in [5, 5.41) is 0. The Morgan fingerprint density at radius 3 is 2.00 bits per heavy atom. The lowest BCUT2D eigenvalue weighted by molar-refractivity contribution is 0.428. The molecule has 0 aromatic heterocycles. The zero-order valence-electron chi connectivity index (χ0n) is 8.94. The van der Waals surface area contributed by atoms with Crippen LogP contribution in [-0.4, -0.2) is 0 Å². The summed E-state index contributed by atoms with van der Waals surface area (Å²) in [6, 6.07) is 0. The predicted octanol–water partition coefficient (Wildman–Crippen LogP) is 4.60. The predicted molar refractivity (Wildman–Crippen MR) is 57.1 cm³/mol. The molecule has 0 spiro atoms. The molecule has 0 bridgehead atoms. The highest BCUT2D eigenvalue weighted by Crippen LogP contribution is 2.17. The molecule has 0 rings (SSSR count). The molecule has 73 valence electrons. The third-order valence-electron chi connectivity index (χ3n) is 2.77. The molecule has 0 N–H and O–H groups in total. The molecule has 0 saturated carbocycles. The van der Waals surface area contributed by atoms with Gasteiger partial charge in [-0.1, -0.05) is 72.1 Å². The van der Waals surface area contributed by atoms with Crippen LogP contribution in [0.4, 0.5) is 0 Å². The van der Waals surface area contributed by atoms with Crippen LogP contribution in [0.1, 0.15) is 65.2 Å². The molecule has 12 heavy (non-hydrogen) atoms. The van der Waals surface area contributed by atoms with E-state index in [-0.39, 0.29) is 0 Å². The molecular weight excluding hydrogens is 144 g/mol. The van der Waals surface area contributed by atoms with Crippen LogP contribution in [0.5, 0.6) is 0 Å². The topological polar surface area (TPSA) is 0 Å². The molecule has 0 fully saturated rings. The van der Waals surface area contributed by atoms with Crippen molar-refractivity contribution < 1.29 is 0 Å². The Kier molecular flexibility index (Phi) is 9.09. The van der Waals surface area contributed by atoms with E-state index >= 15 is 0 Å². The average Bonchev–Trinajstić information content (AvgIpc) is 2.11. The van der Waals surface area contributed by atoms with Gasteiger partial charge in [0.2, 0.25) is 0 Å². The molecule has 0 aliphatic carbocycles. The minimum atomic E-state index is 0.991. The minimum Gasteiger partial charge on any atom is -0.0651 e. The lowest BCUT2D eigenvalue weighted by Gasteiger charge is -2.10. The second kappa shape index (κ2) is 9.09. The summed E-state index contributed by atoms with van der Waals surface area (Å²) in [5.74, 6) is 0.991. The van der Waals surface area contributed by atoms with Gasteiger partial charge in [0.05, 0.1) is 0 Å². The first-order chi connectivity index (χ1) is 5.85. The van der Waals surface area contributed by atoms with Crippen molar-refractivity contribution in [2.45, 2.75) is 65.2 Å². The van der Waals surface area contributed by atoms with E-state index in [9.17, 15) is 0 Å². The first-order valence-electron chi connectivity index (χ1n) is 5.64. The van der Waals surface area contributed by atoms with Gasteiger partial charge in [0.15, 0.2) is 0 Å². The molecule has 0 saturated heterocycles. The molecule has 0 aromatic rings. The van der Waals surface area contributed by atoms with E-state index in [2.05, 4.69) is 20.8 Å². The fourth-order valence-electron chi connectivity index (χ4n) is 1.66. The van der Waals surface area contributed by atoms with Crippen molar-refractivity contribution in [3.8, 4) is 0 Å². The highest BCUT2D eigenvalue weighted by molar-refractivity contribution is 4.55. The van der Waals surface area contributed by atoms with Crippen LogP contribution in [0.15, 0.2) is 0 Å². The van der Waals surface area contributed by atoms with E-state index in [4.69, 9.17) is 0 Å². The highest BCUT2D eigenvalue weighted by Gasteiger charge is 2.01. The summed E-state index contributed by atoms with van der Waals surface area (Å²) in [7, 11) is 0. The van der Waals surface area contributed by atoms with Gasteiger partial charge in [0.25, 0.3) is 0 Å². The van der Waals surface area contributed by atoms with Crippen molar-refractivity contribution in [1.82, 2.24) is 0 Å². The summed E-state index contributed by atoms with van der Waals surface area (Å²) in [5.41, 5.74) is 0. The van der Waals surface area contributed by atoms with Crippen molar-refractivity contribution in [2.24, 2.45) is 5.92 Å². The number of hydrogen-bond acceptors (Lipinski definition) is 0. The first-order valence-corrected chi connectivity index (χ1v) is 5.64. The van der Waals surface area contributed by atoms with Crippen molar-refractivity contribution >= 4 is 0 Å². The van der Waals surface area contributed by atoms with Crippen LogP contribution in [0, 0.1) is 12.8 Å². The molecule has 0 aliphatic heterocycles. The summed E-state index contributed by atoms with van der Waals surface area (Å²) < 4.78 is 0. The van der Waals surface area contributed by atoms with E-state index in [0.29, 0.717) is 0 Å². The molecule has 0 aliphatic rings. The third-order valence-corrected chi connectivity index (χ3v) is 2.77. The van der Waals surface area contributed by atoms with Crippen molar-refractivity contribution in [3.63, 3.8) is 0 Å². The SMILES string of the molecule is [CH2]CCCCCCC(CC)CC. The zero-order chi connectivity index (χ0) is 9.23. The molecule has 0 heteroatoms. The maximum Gasteiger partial charge on any atom is -0.0420 e. The second-order valence-corrected chi connectivity index (χ2v) is 3.74. The van der Waals surface area contributed by atoms with E-state index in [0.717, 1.165) is 12.3 Å². The fraction of sp³-hybridized carbons (Fsp3) is 0.917. The van der Waals surface area contributed by atoms with Gasteiger partial charge in [-0.25, -0.2) is 0 Å². The Bertz CT molecular complexity index is 72.1. The van der Waals surface area contributed by atoms with Crippen LogP contribution in [0.25, 0.3) is 0 Å². The largest absolute Gasteiger partial charge is 0.0651 e. The standard InChI is InChI=1S/C12H25/c1-4-7-8-9-10-11-12(5-2)6-3/h12H,1,4-11H2,2-3H3. The number of hydrogen-bond donors (Lipinski definition) is 0. The van der Waals surface area contributed by atoms with E-state index in [1.165, 1.54) is 44.9 Å². The van der Waals surface area contributed by atoms with Gasteiger partial charge in [-0.15, -0.1) is 0 Å². The minimum absolute atomic E-state index is 0.991. The lowest BCUT2D eigenvalue weighted by Crippen LogP contribution is -1.96. The Morgan fingerprint density at radius 2 is 1.50 bits per heavy atom. The van der Waals surface area contributed by atoms with Crippen LogP contribution in [0.3, 0.4) is 0 Å². The summed E-state index contributed by atoms with van der Waals surface area (Å²) in [6.07, 6.45) is 10.9. The van der Waals surface area contributed by atoms with E-state index in [1.807, 2.05) is 0 Å². The Labute approximate surface area is 78.8 Å². The fourth-order valence-corrected chi connectivity index (χ4v) is 1.66. The smallest absolute Gasteiger partial charge is 0.0420 e. The van der Waals surface area contributed by atoms with Gasteiger partial charge in [0.1, 0.15) is 0 Å². The monoisotopic (exact) mass is 169 g/mol. The number of rotatable bonds is 8. The van der Waals surface area contributed by atoms with Gasteiger partial charge in [-0.2, -0.15) is 0 Å². The summed E-state index contributed by atoms with van der Waals surface area (Å²) in [4.78, 5) is 0. The van der Waals surface area contributed by atoms with Crippen LogP contribution < -0.4 is 0 Å². The van der Waals surface area contributed by atoms with Crippen molar-refractivity contribution in [1.29, 1.82) is 0 Å².